The average molecular weight is 1030 g/mol. The summed E-state index contributed by atoms with van der Waals surface area (Å²) in [5, 5.41) is 7.77. The number of aromatic amines is 1. The Morgan fingerprint density at radius 3 is 2.42 bits per heavy atom. The third-order valence-electron chi connectivity index (χ3n) is 13.1. The smallest absolute Gasteiger partial charge is 0.399 e. The number of benzene rings is 3. The van der Waals surface area contributed by atoms with E-state index in [2.05, 4.69) is 20.9 Å². The lowest BCUT2D eigenvalue weighted by Crippen LogP contribution is -2.60. The van der Waals surface area contributed by atoms with Crippen LogP contribution in [0.4, 0.5) is 13.2 Å². The van der Waals surface area contributed by atoms with E-state index in [-0.39, 0.29) is 95.7 Å². The van der Waals surface area contributed by atoms with E-state index < -0.39 is 102 Å². The zero-order valence-electron chi connectivity index (χ0n) is 37.7. The van der Waals surface area contributed by atoms with Crippen molar-refractivity contribution in [2.45, 2.75) is 87.2 Å². The summed E-state index contributed by atoms with van der Waals surface area (Å²) < 4.78 is 62.1. The van der Waals surface area contributed by atoms with E-state index in [1.54, 1.807) is 19.2 Å². The molecule has 0 radical (unpaired) electrons. The molecule has 8 rings (SSSR count). The second-order valence-corrected chi connectivity index (χ2v) is 20.0. The first kappa shape index (κ1) is 50.7. The topological polar surface area (TPSA) is 291 Å². The molecule has 4 aliphatic rings. The van der Waals surface area contributed by atoms with Crippen molar-refractivity contribution in [1.29, 1.82) is 0 Å². The molecule has 71 heavy (non-hydrogen) atoms. The highest BCUT2D eigenvalue weighted by Crippen LogP contribution is 2.59. The number of hydrogen-bond donors (Lipinski definition) is 7. The molecule has 0 bridgehead atoms. The molecule has 1 unspecified atom stereocenters. The van der Waals surface area contributed by atoms with Crippen LogP contribution in [0.5, 0.6) is 5.75 Å². The van der Waals surface area contributed by atoms with Gasteiger partial charge in [-0.05, 0) is 93.2 Å². The standard InChI is InChI=1S/C46H47ClF3N8O12P/c1-56-14-13-27-7-9-34(57(27)45(66)33(20-56)54-40(61)32-18-24-16-25(5-8-31(24)53-32)46(49,50)71(67,68)69)41(62)52-26(6-11-37(51)59)21-70-36-4-2-3-22(39(36)47)15-23-17-28-29(19-30(23)48)44(65)58(43(28)64)35-10-12-38(60)55-42(35)63/h2-5,8,16-19,26-27,33-35,53H,6-7,9-15,20-21H2,1H3,(H2,51,59)(H,52,62)(H,54,61)(H,55,60,63)(H2,67,68,69)/t26-,27+,33-,34-,35?/m0/s1. The summed E-state index contributed by atoms with van der Waals surface area (Å²) >= 11 is 6.79. The lowest BCUT2D eigenvalue weighted by molar-refractivity contribution is -0.143. The number of nitrogens with two attached hydrogens (primary N) is 1. The SMILES string of the molecule is CN1CC[C@H]2CC[C@@H](C(=O)N[C@@H](CCC(N)=O)COc3cccc(Cc4cc5c(cc4F)C(=O)N(C4CCC(=O)NC4=O)C5=O)c3Cl)N2C(=O)[C@@H](NC(=O)c2cc3cc(C(F)(F)P(=O)(O)O)ccc3[nH]2)C1. The fourth-order valence-electron chi connectivity index (χ4n) is 9.42. The summed E-state index contributed by atoms with van der Waals surface area (Å²) in [6, 6.07) is 6.10. The minimum Gasteiger partial charge on any atom is -0.490 e. The van der Waals surface area contributed by atoms with Gasteiger partial charge in [0, 0.05) is 48.3 Å². The van der Waals surface area contributed by atoms with E-state index in [0.717, 1.165) is 29.2 Å². The van der Waals surface area contributed by atoms with Crippen LogP contribution in [0.25, 0.3) is 10.9 Å². The molecule has 3 aromatic carbocycles. The van der Waals surface area contributed by atoms with Crippen molar-refractivity contribution < 1.29 is 70.6 Å². The average Bonchev–Trinajstić information content (AvgIpc) is 4.00. The maximum atomic E-state index is 15.6. The number of aromatic nitrogens is 1. The highest BCUT2D eigenvalue weighted by Gasteiger charge is 2.51. The van der Waals surface area contributed by atoms with Gasteiger partial charge in [-0.25, -0.2) is 4.39 Å². The van der Waals surface area contributed by atoms with Crippen molar-refractivity contribution in [2.24, 2.45) is 5.73 Å². The number of nitrogens with zero attached hydrogens (tertiary/aromatic N) is 3. The van der Waals surface area contributed by atoms with Crippen molar-refractivity contribution in [1.82, 2.24) is 35.6 Å². The molecule has 8 amide bonds. The lowest BCUT2D eigenvalue weighted by atomic mass is 9.99. The summed E-state index contributed by atoms with van der Waals surface area (Å²) in [7, 11) is -4.11. The van der Waals surface area contributed by atoms with Gasteiger partial charge in [0.15, 0.2) is 0 Å². The predicted molar refractivity (Wildman–Crippen MR) is 244 cm³/mol. The minimum atomic E-state index is -5.87. The number of ether oxygens (including phenoxy) is 1. The number of fused-ring (bicyclic) bond motifs is 3. The van der Waals surface area contributed by atoms with E-state index in [9.17, 15) is 61.5 Å². The predicted octanol–water partition coefficient (Wildman–Crippen LogP) is 2.80. The van der Waals surface area contributed by atoms with Crippen molar-refractivity contribution in [3.63, 3.8) is 0 Å². The fraction of sp³-hybridized carbons (Fsp3) is 0.391. The first-order valence-corrected chi connectivity index (χ1v) is 24.4. The number of piperidine rings is 1. The number of rotatable bonds is 15. The number of nitrogens with one attached hydrogen (secondary N) is 4. The summed E-state index contributed by atoms with van der Waals surface area (Å²) in [5.74, 6) is -6.37. The van der Waals surface area contributed by atoms with E-state index in [1.807, 2.05) is 4.90 Å². The Kier molecular flexibility index (Phi) is 14.2. The van der Waals surface area contributed by atoms with Gasteiger partial charge in [0.25, 0.3) is 17.7 Å². The molecule has 5 heterocycles. The molecule has 1 aromatic heterocycles. The number of likely N-dealkylation sites (N-methyl/N-ethyl adjacent to an activating group) is 1. The molecule has 4 aromatic rings. The van der Waals surface area contributed by atoms with E-state index in [1.165, 1.54) is 23.1 Å². The molecule has 376 valence electrons. The van der Waals surface area contributed by atoms with Crippen LogP contribution in [0.1, 0.15) is 92.8 Å². The van der Waals surface area contributed by atoms with Crippen LogP contribution in [0, 0.1) is 5.82 Å². The Morgan fingerprint density at radius 1 is 0.986 bits per heavy atom. The number of amides is 8. The van der Waals surface area contributed by atoms with Crippen LogP contribution in [0.2, 0.25) is 5.02 Å². The van der Waals surface area contributed by atoms with Gasteiger partial charge < -0.3 is 45.7 Å². The maximum absolute atomic E-state index is 15.6. The third kappa shape index (κ3) is 10.3. The van der Waals surface area contributed by atoms with Crippen molar-refractivity contribution in [2.75, 3.05) is 26.7 Å². The third-order valence-corrected chi connectivity index (χ3v) is 14.6. The molecule has 5 atom stereocenters. The number of carbonyl (C=O) groups excluding carboxylic acids is 8. The number of alkyl halides is 2. The minimum absolute atomic E-state index is 0.00740. The molecule has 0 saturated carbocycles. The zero-order valence-corrected chi connectivity index (χ0v) is 39.4. The van der Waals surface area contributed by atoms with E-state index >= 15 is 4.39 Å². The molecule has 3 saturated heterocycles. The number of carbonyl (C=O) groups is 8. The number of imide groups is 2. The molecule has 3 fully saturated rings. The normalized spacial score (nSPS) is 21.4. The first-order valence-electron chi connectivity index (χ1n) is 22.4. The second-order valence-electron chi connectivity index (χ2n) is 18.0. The van der Waals surface area contributed by atoms with Crippen LogP contribution in [-0.2, 0) is 40.6 Å². The molecule has 25 heteroatoms. The second kappa shape index (κ2) is 19.9. The summed E-state index contributed by atoms with van der Waals surface area (Å²) in [6.45, 7) is 0.280. The molecule has 4 aliphatic heterocycles. The summed E-state index contributed by atoms with van der Waals surface area (Å²) in [6.07, 6.45) is 0.702. The Morgan fingerprint density at radius 2 is 1.72 bits per heavy atom. The van der Waals surface area contributed by atoms with Gasteiger partial charge in [-0.1, -0.05) is 29.8 Å². The van der Waals surface area contributed by atoms with Crippen molar-refractivity contribution in [3.8, 4) is 5.75 Å². The van der Waals surface area contributed by atoms with Gasteiger partial charge >= 0.3 is 13.3 Å². The number of halogens is 4. The monoisotopic (exact) mass is 1030 g/mol. The van der Waals surface area contributed by atoms with Crippen LogP contribution >= 0.6 is 19.2 Å². The molecular weight excluding hydrogens is 980 g/mol. The molecule has 20 nitrogen and oxygen atoms in total. The van der Waals surface area contributed by atoms with E-state index in [0.29, 0.717) is 24.9 Å². The Bertz CT molecular complexity index is 2950. The van der Waals surface area contributed by atoms with Crippen LogP contribution in [-0.4, -0.2) is 134 Å². The highest BCUT2D eigenvalue weighted by atomic mass is 35.5. The Labute approximate surface area is 406 Å². The zero-order chi connectivity index (χ0) is 51.3. The maximum Gasteiger partial charge on any atom is 0.399 e. The molecular formula is C46H47ClF3N8O12P. The lowest BCUT2D eigenvalue weighted by Gasteiger charge is -2.38. The van der Waals surface area contributed by atoms with Crippen molar-refractivity contribution >= 4 is 77.4 Å². The number of primary amides is 1. The largest absolute Gasteiger partial charge is 0.490 e. The quantitative estimate of drug-likeness (QED) is 0.0667. The van der Waals surface area contributed by atoms with Gasteiger partial charge in [0.05, 0.1) is 22.2 Å². The highest BCUT2D eigenvalue weighted by molar-refractivity contribution is 7.52. The van der Waals surface area contributed by atoms with Crippen molar-refractivity contribution in [3.05, 3.63) is 98.9 Å². The van der Waals surface area contributed by atoms with Gasteiger partial charge in [-0.15, -0.1) is 0 Å². The van der Waals surface area contributed by atoms with Gasteiger partial charge in [-0.2, -0.15) is 8.78 Å². The molecule has 0 spiro atoms. The summed E-state index contributed by atoms with van der Waals surface area (Å²) in [5.41, 5.74) is 0.0761. The Balaban J connectivity index is 0.947. The summed E-state index contributed by atoms with van der Waals surface area (Å²) in [4.78, 5) is 130. The van der Waals surface area contributed by atoms with Crippen LogP contribution in [0.3, 0.4) is 0 Å². The molecule has 8 N–H and O–H groups in total. The first-order chi connectivity index (χ1) is 33.5. The van der Waals surface area contributed by atoms with E-state index in [4.69, 9.17) is 22.1 Å². The van der Waals surface area contributed by atoms with Gasteiger partial charge in [0.2, 0.25) is 29.5 Å². The fourth-order valence-corrected chi connectivity index (χ4v) is 10.1. The van der Waals surface area contributed by atoms with Crippen LogP contribution in [0.15, 0.2) is 54.6 Å². The Hall–Kier alpha value is -6.65. The number of hydrogen-bond acceptors (Lipinski definition) is 11. The van der Waals surface area contributed by atoms with Gasteiger partial charge in [0.1, 0.15) is 42.0 Å². The number of H-pyrrole nitrogens is 1. The van der Waals surface area contributed by atoms with Crippen LogP contribution < -0.4 is 26.4 Å². The van der Waals surface area contributed by atoms with Gasteiger partial charge in [-0.3, -0.25) is 53.1 Å². The molecule has 0 aliphatic carbocycles.